The Morgan fingerprint density at radius 1 is 1.09 bits per heavy atom. The highest BCUT2D eigenvalue weighted by atomic mass is 16.5. The van der Waals surface area contributed by atoms with Crippen LogP contribution in [0.3, 0.4) is 0 Å². The van der Waals surface area contributed by atoms with E-state index >= 15 is 0 Å². The maximum Gasteiger partial charge on any atom is 0.230 e. The number of fused-ring (bicyclic) bond motifs is 1. The number of aryl methyl sites for hydroxylation is 1. The van der Waals surface area contributed by atoms with Crippen molar-refractivity contribution < 1.29 is 19.1 Å². The number of ether oxygens (including phenoxy) is 1. The summed E-state index contributed by atoms with van der Waals surface area (Å²) in [5, 5.41) is 2.93. The SMILES string of the molecule is COc1ccc(C)cc1NC(=O)[C@@H]1CC(=O)N(c2ccc3c(c2)CCN3C(=O)C2CC2)C1. The van der Waals surface area contributed by atoms with E-state index in [1.807, 2.05) is 48.2 Å². The van der Waals surface area contributed by atoms with Gasteiger partial charge in [0.2, 0.25) is 17.7 Å². The van der Waals surface area contributed by atoms with Crippen LogP contribution in [-0.2, 0) is 20.8 Å². The molecule has 2 aliphatic heterocycles. The summed E-state index contributed by atoms with van der Waals surface area (Å²) in [5.41, 5.74) is 4.46. The van der Waals surface area contributed by atoms with Gasteiger partial charge in [-0.2, -0.15) is 0 Å². The molecule has 0 spiro atoms. The Labute approximate surface area is 187 Å². The van der Waals surface area contributed by atoms with E-state index in [2.05, 4.69) is 5.32 Å². The minimum atomic E-state index is -0.436. The largest absolute Gasteiger partial charge is 0.495 e. The van der Waals surface area contributed by atoms with Gasteiger partial charge < -0.3 is 19.9 Å². The number of nitrogens with zero attached hydrogens (tertiary/aromatic N) is 2. The quantitative estimate of drug-likeness (QED) is 0.785. The first-order valence-electron chi connectivity index (χ1n) is 11.1. The molecule has 1 aliphatic carbocycles. The van der Waals surface area contributed by atoms with E-state index in [1.54, 1.807) is 12.0 Å². The maximum absolute atomic E-state index is 12.9. The molecule has 3 aliphatic rings. The van der Waals surface area contributed by atoms with E-state index in [0.717, 1.165) is 41.8 Å². The maximum atomic E-state index is 12.9. The molecule has 2 heterocycles. The number of rotatable bonds is 5. The molecule has 1 saturated heterocycles. The number of carbonyl (C=O) groups is 3. The zero-order valence-corrected chi connectivity index (χ0v) is 18.4. The molecule has 0 aromatic heterocycles. The van der Waals surface area contributed by atoms with Gasteiger partial charge in [-0.25, -0.2) is 0 Å². The van der Waals surface area contributed by atoms with Gasteiger partial charge in [0.1, 0.15) is 5.75 Å². The van der Waals surface area contributed by atoms with Crippen molar-refractivity contribution in [3.8, 4) is 5.75 Å². The van der Waals surface area contributed by atoms with Crippen molar-refractivity contribution in [2.75, 3.05) is 35.3 Å². The van der Waals surface area contributed by atoms with Crippen molar-refractivity contribution in [1.29, 1.82) is 0 Å². The molecule has 3 amide bonds. The zero-order valence-electron chi connectivity index (χ0n) is 18.4. The molecule has 0 radical (unpaired) electrons. The van der Waals surface area contributed by atoms with Crippen LogP contribution in [-0.4, -0.2) is 37.9 Å². The van der Waals surface area contributed by atoms with Gasteiger partial charge in [-0.15, -0.1) is 0 Å². The molecule has 0 bridgehead atoms. The van der Waals surface area contributed by atoms with Crippen molar-refractivity contribution in [1.82, 2.24) is 0 Å². The lowest BCUT2D eigenvalue weighted by molar-refractivity contribution is -0.122. The molecule has 1 saturated carbocycles. The number of nitrogens with one attached hydrogen (secondary N) is 1. The molecule has 1 atom stereocenters. The zero-order chi connectivity index (χ0) is 22.4. The van der Waals surface area contributed by atoms with Crippen molar-refractivity contribution in [2.24, 2.45) is 11.8 Å². The summed E-state index contributed by atoms with van der Waals surface area (Å²) in [6, 6.07) is 11.4. The van der Waals surface area contributed by atoms with Gasteiger partial charge in [0.25, 0.3) is 0 Å². The van der Waals surface area contributed by atoms with Crippen molar-refractivity contribution in [3.63, 3.8) is 0 Å². The van der Waals surface area contributed by atoms with Crippen LogP contribution < -0.4 is 19.9 Å². The Morgan fingerprint density at radius 3 is 2.66 bits per heavy atom. The molecule has 5 rings (SSSR count). The van der Waals surface area contributed by atoms with Crippen LogP contribution in [0.15, 0.2) is 36.4 Å². The number of methoxy groups -OCH3 is 1. The molecule has 7 heteroatoms. The van der Waals surface area contributed by atoms with Gasteiger partial charge in [0.05, 0.1) is 18.7 Å². The van der Waals surface area contributed by atoms with Crippen LogP contribution in [0.25, 0.3) is 0 Å². The van der Waals surface area contributed by atoms with E-state index in [4.69, 9.17) is 4.74 Å². The first-order chi connectivity index (χ1) is 15.4. The third-order valence-electron chi connectivity index (χ3n) is 6.57. The second-order valence-electron chi connectivity index (χ2n) is 8.93. The predicted octanol–water partition coefficient (Wildman–Crippen LogP) is 3.29. The van der Waals surface area contributed by atoms with Crippen molar-refractivity contribution in [3.05, 3.63) is 47.5 Å². The molecule has 1 N–H and O–H groups in total. The van der Waals surface area contributed by atoms with Gasteiger partial charge in [0, 0.05) is 36.8 Å². The van der Waals surface area contributed by atoms with Crippen LogP contribution in [0.5, 0.6) is 5.75 Å². The first kappa shape index (κ1) is 20.5. The molecular weight excluding hydrogens is 406 g/mol. The lowest BCUT2D eigenvalue weighted by Gasteiger charge is -2.20. The monoisotopic (exact) mass is 433 g/mol. The third-order valence-corrected chi connectivity index (χ3v) is 6.57. The van der Waals surface area contributed by atoms with E-state index in [9.17, 15) is 14.4 Å². The standard InChI is InChI=1S/C25H27N3O4/c1-15-3-8-22(32-2)20(11-15)26-24(30)18-13-23(29)28(14-18)19-6-7-21-17(12-19)9-10-27(21)25(31)16-4-5-16/h3,6-8,11-12,16,18H,4-5,9-10,13-14H2,1-2H3,(H,26,30)/t18-/m1/s1. The van der Waals surface area contributed by atoms with Gasteiger partial charge in [-0.1, -0.05) is 6.07 Å². The van der Waals surface area contributed by atoms with Crippen LogP contribution in [0.2, 0.25) is 0 Å². The van der Waals surface area contributed by atoms with Crippen molar-refractivity contribution in [2.45, 2.75) is 32.6 Å². The lowest BCUT2D eigenvalue weighted by atomic mass is 10.1. The first-order valence-corrected chi connectivity index (χ1v) is 11.1. The van der Waals surface area contributed by atoms with Crippen LogP contribution in [0, 0.1) is 18.8 Å². The highest BCUT2D eigenvalue weighted by Gasteiger charge is 2.38. The second kappa shape index (κ2) is 7.97. The normalized spacial score (nSPS) is 19.8. The number of hydrogen-bond donors (Lipinski definition) is 1. The van der Waals surface area contributed by atoms with Crippen LogP contribution >= 0.6 is 0 Å². The third kappa shape index (κ3) is 3.72. The topological polar surface area (TPSA) is 79.0 Å². The van der Waals surface area contributed by atoms with Crippen LogP contribution in [0.1, 0.15) is 30.4 Å². The summed E-state index contributed by atoms with van der Waals surface area (Å²) >= 11 is 0. The van der Waals surface area contributed by atoms with Gasteiger partial charge in [-0.3, -0.25) is 14.4 Å². The molecule has 32 heavy (non-hydrogen) atoms. The summed E-state index contributed by atoms with van der Waals surface area (Å²) < 4.78 is 5.34. The molecule has 2 aromatic carbocycles. The number of hydrogen-bond acceptors (Lipinski definition) is 4. The van der Waals surface area contributed by atoms with Crippen molar-refractivity contribution >= 4 is 34.8 Å². The Kier molecular flexibility index (Phi) is 5.12. The highest BCUT2D eigenvalue weighted by molar-refractivity contribution is 6.04. The fourth-order valence-electron chi connectivity index (χ4n) is 4.62. The average Bonchev–Trinajstić information content (AvgIpc) is 3.43. The summed E-state index contributed by atoms with van der Waals surface area (Å²) in [6.07, 6.45) is 2.94. The number of carbonyl (C=O) groups excluding carboxylic acids is 3. The van der Waals surface area contributed by atoms with E-state index in [0.29, 0.717) is 24.5 Å². The summed E-state index contributed by atoms with van der Waals surface area (Å²) in [5.74, 6) is 0.310. The second-order valence-corrected chi connectivity index (χ2v) is 8.93. The Bertz CT molecular complexity index is 1110. The van der Waals surface area contributed by atoms with Crippen LogP contribution in [0.4, 0.5) is 17.1 Å². The summed E-state index contributed by atoms with van der Waals surface area (Å²) in [7, 11) is 1.56. The fraction of sp³-hybridized carbons (Fsp3) is 0.400. The average molecular weight is 434 g/mol. The molecule has 7 nitrogen and oxygen atoms in total. The minimum Gasteiger partial charge on any atom is -0.495 e. The Balaban J connectivity index is 1.29. The Morgan fingerprint density at radius 2 is 1.91 bits per heavy atom. The minimum absolute atomic E-state index is 0.0646. The summed E-state index contributed by atoms with van der Waals surface area (Å²) in [4.78, 5) is 41.7. The summed E-state index contributed by atoms with van der Waals surface area (Å²) in [6.45, 7) is 2.98. The molecule has 2 aromatic rings. The lowest BCUT2D eigenvalue weighted by Crippen LogP contribution is -2.30. The molecule has 166 valence electrons. The Hall–Kier alpha value is -3.35. The molecule has 2 fully saturated rings. The number of benzene rings is 2. The van der Waals surface area contributed by atoms with E-state index in [-0.39, 0.29) is 30.1 Å². The number of anilines is 3. The fourth-order valence-corrected chi connectivity index (χ4v) is 4.62. The van der Waals surface area contributed by atoms with Gasteiger partial charge in [-0.05, 0) is 67.6 Å². The van der Waals surface area contributed by atoms with Gasteiger partial charge >= 0.3 is 0 Å². The van der Waals surface area contributed by atoms with E-state index in [1.165, 1.54) is 0 Å². The number of amides is 3. The highest BCUT2D eigenvalue weighted by Crippen LogP contribution is 2.38. The van der Waals surface area contributed by atoms with Gasteiger partial charge in [0.15, 0.2) is 0 Å². The van der Waals surface area contributed by atoms with E-state index < -0.39 is 5.92 Å². The predicted molar refractivity (Wildman–Crippen MR) is 122 cm³/mol. The smallest absolute Gasteiger partial charge is 0.230 e. The molecular formula is C25H27N3O4. The molecule has 0 unspecified atom stereocenters.